The third-order valence-electron chi connectivity index (χ3n) is 4.78. The number of nitrogens with zero attached hydrogens (tertiary/aromatic N) is 3. The Kier molecular flexibility index (Phi) is 10.5. The van der Waals surface area contributed by atoms with Crippen LogP contribution in [0.1, 0.15) is 31.7 Å². The lowest BCUT2D eigenvalue weighted by Gasteiger charge is -2.31. The quantitative estimate of drug-likeness (QED) is 0.380. The number of ether oxygens (including phenoxy) is 1. The topological polar surface area (TPSA) is 57.2 Å². The summed E-state index contributed by atoms with van der Waals surface area (Å²) in [4.78, 5) is 20.7. The molecular weight excluding hydrogens is 455 g/mol. The molecule has 1 aromatic carbocycles. The fourth-order valence-corrected chi connectivity index (χ4v) is 3.32. The highest BCUT2D eigenvalue weighted by molar-refractivity contribution is 14.0. The minimum absolute atomic E-state index is 0. The largest absolute Gasteiger partial charge is 0.497 e. The van der Waals surface area contributed by atoms with Crippen molar-refractivity contribution in [3.05, 3.63) is 29.8 Å². The van der Waals surface area contributed by atoms with E-state index in [0.29, 0.717) is 18.9 Å². The Balaban J connectivity index is 0.00000364. The summed E-state index contributed by atoms with van der Waals surface area (Å²) in [5, 5.41) is 3.30. The Bertz CT molecular complexity index is 607. The Hall–Kier alpha value is -1.51. The molecule has 6 nitrogen and oxygen atoms in total. The van der Waals surface area contributed by atoms with Crippen molar-refractivity contribution >= 4 is 35.8 Å². The van der Waals surface area contributed by atoms with Crippen LogP contribution in [-0.4, -0.2) is 62.5 Å². The molecule has 1 aliphatic rings. The van der Waals surface area contributed by atoms with Gasteiger partial charge < -0.3 is 19.9 Å². The van der Waals surface area contributed by atoms with E-state index in [1.807, 2.05) is 36.2 Å². The smallest absolute Gasteiger partial charge is 0.224 e. The molecule has 0 saturated carbocycles. The number of benzene rings is 1. The second kappa shape index (κ2) is 12.0. The number of aliphatic imine (C=N–C) groups is 1. The third kappa shape index (κ3) is 7.56. The van der Waals surface area contributed by atoms with Crippen LogP contribution in [-0.2, 0) is 11.3 Å². The summed E-state index contributed by atoms with van der Waals surface area (Å²) in [7, 11) is 5.42. The molecule has 1 amide bonds. The number of nitrogens with one attached hydrogen (secondary N) is 1. The van der Waals surface area contributed by atoms with Gasteiger partial charge in [0.25, 0.3) is 0 Å². The van der Waals surface area contributed by atoms with E-state index < -0.39 is 0 Å². The maximum absolute atomic E-state index is 12.4. The van der Waals surface area contributed by atoms with Crippen LogP contribution in [0, 0.1) is 5.92 Å². The van der Waals surface area contributed by atoms with Crippen LogP contribution in [0.2, 0.25) is 0 Å². The summed E-state index contributed by atoms with van der Waals surface area (Å²) < 4.78 is 5.19. The summed E-state index contributed by atoms with van der Waals surface area (Å²) in [5.41, 5.74) is 1.18. The van der Waals surface area contributed by atoms with Crippen molar-refractivity contribution in [1.29, 1.82) is 0 Å². The van der Waals surface area contributed by atoms with Crippen LogP contribution in [0.4, 0.5) is 0 Å². The molecule has 1 saturated heterocycles. The fraction of sp³-hybridized carbons (Fsp3) is 0.600. The highest BCUT2D eigenvalue weighted by atomic mass is 127. The number of hydrogen-bond acceptors (Lipinski definition) is 3. The fourth-order valence-electron chi connectivity index (χ4n) is 3.32. The zero-order valence-electron chi connectivity index (χ0n) is 16.9. The second-order valence-electron chi connectivity index (χ2n) is 7.02. The van der Waals surface area contributed by atoms with E-state index in [0.717, 1.165) is 37.8 Å². The molecule has 0 radical (unpaired) electrons. The molecular formula is C20H33IN4O2. The lowest BCUT2D eigenvalue weighted by Crippen LogP contribution is -2.42. The first-order valence-electron chi connectivity index (χ1n) is 9.36. The van der Waals surface area contributed by atoms with E-state index in [9.17, 15) is 4.79 Å². The lowest BCUT2D eigenvalue weighted by atomic mass is 10.00. The van der Waals surface area contributed by atoms with E-state index in [4.69, 9.17) is 4.74 Å². The Labute approximate surface area is 180 Å². The predicted molar refractivity (Wildman–Crippen MR) is 121 cm³/mol. The summed E-state index contributed by atoms with van der Waals surface area (Å²) in [5.74, 6) is 2.49. The molecule has 1 unspecified atom stereocenters. The van der Waals surface area contributed by atoms with Gasteiger partial charge in [-0.05, 0) is 36.5 Å². The molecule has 0 aromatic heterocycles. The zero-order valence-corrected chi connectivity index (χ0v) is 19.2. The number of amides is 1. The van der Waals surface area contributed by atoms with Gasteiger partial charge in [-0.3, -0.25) is 9.79 Å². The van der Waals surface area contributed by atoms with Crippen molar-refractivity contribution < 1.29 is 9.53 Å². The molecule has 27 heavy (non-hydrogen) atoms. The highest BCUT2D eigenvalue weighted by Crippen LogP contribution is 2.16. The molecule has 1 N–H and O–H groups in total. The highest BCUT2D eigenvalue weighted by Gasteiger charge is 2.20. The van der Waals surface area contributed by atoms with Gasteiger partial charge in [-0.25, -0.2) is 0 Å². The summed E-state index contributed by atoms with van der Waals surface area (Å²) in [6.07, 6.45) is 2.85. The van der Waals surface area contributed by atoms with Gasteiger partial charge >= 0.3 is 0 Å². The molecule has 7 heteroatoms. The van der Waals surface area contributed by atoms with Crippen molar-refractivity contribution in [2.75, 3.05) is 40.8 Å². The first-order chi connectivity index (χ1) is 12.5. The van der Waals surface area contributed by atoms with Gasteiger partial charge in [0.2, 0.25) is 5.91 Å². The number of rotatable bonds is 6. The van der Waals surface area contributed by atoms with Gasteiger partial charge in [0, 0.05) is 46.7 Å². The first-order valence-corrected chi connectivity index (χ1v) is 9.36. The van der Waals surface area contributed by atoms with Crippen molar-refractivity contribution in [3.8, 4) is 5.75 Å². The second-order valence-corrected chi connectivity index (χ2v) is 7.02. The summed E-state index contributed by atoms with van der Waals surface area (Å²) in [6.45, 7) is 5.35. The molecule has 1 aliphatic heterocycles. The molecule has 1 fully saturated rings. The molecule has 1 aromatic rings. The van der Waals surface area contributed by atoms with Gasteiger partial charge in [-0.15, -0.1) is 24.0 Å². The van der Waals surface area contributed by atoms with Crippen LogP contribution in [0.25, 0.3) is 0 Å². The average Bonchev–Trinajstić information content (AvgIpc) is 2.65. The molecule has 1 atom stereocenters. The van der Waals surface area contributed by atoms with Crippen molar-refractivity contribution in [3.63, 3.8) is 0 Å². The van der Waals surface area contributed by atoms with Gasteiger partial charge in [-0.1, -0.05) is 19.1 Å². The SMILES string of the molecule is CN=C(NCCC(=O)N1CCCC(C)C1)N(C)Cc1ccc(OC)cc1.I. The molecule has 2 rings (SSSR count). The van der Waals surface area contributed by atoms with E-state index in [1.165, 1.54) is 12.0 Å². The van der Waals surface area contributed by atoms with E-state index in [2.05, 4.69) is 22.1 Å². The minimum Gasteiger partial charge on any atom is -0.497 e. The van der Waals surface area contributed by atoms with E-state index in [1.54, 1.807) is 14.2 Å². The molecule has 152 valence electrons. The Morgan fingerprint density at radius 3 is 2.67 bits per heavy atom. The minimum atomic E-state index is 0. The predicted octanol–water partition coefficient (Wildman–Crippen LogP) is 2.97. The van der Waals surface area contributed by atoms with Crippen molar-refractivity contribution in [2.45, 2.75) is 32.7 Å². The number of guanidine groups is 1. The van der Waals surface area contributed by atoms with Crippen molar-refractivity contribution in [2.24, 2.45) is 10.9 Å². The lowest BCUT2D eigenvalue weighted by molar-refractivity contribution is -0.132. The molecule has 0 aliphatic carbocycles. The Morgan fingerprint density at radius 2 is 2.07 bits per heavy atom. The first kappa shape index (κ1) is 23.5. The number of halogens is 1. The summed E-state index contributed by atoms with van der Waals surface area (Å²) in [6, 6.07) is 8.00. The number of piperidine rings is 1. The molecule has 1 heterocycles. The van der Waals surface area contributed by atoms with Crippen LogP contribution < -0.4 is 10.1 Å². The number of carbonyl (C=O) groups excluding carboxylic acids is 1. The Morgan fingerprint density at radius 1 is 1.37 bits per heavy atom. The van der Waals surface area contributed by atoms with Crippen LogP contribution >= 0.6 is 24.0 Å². The van der Waals surface area contributed by atoms with E-state index in [-0.39, 0.29) is 29.9 Å². The average molecular weight is 488 g/mol. The standard InChI is InChI=1S/C20H32N4O2.HI/c1-16-6-5-13-24(14-16)19(25)11-12-22-20(21-2)23(3)15-17-7-9-18(26-4)10-8-17;/h7-10,16H,5-6,11-15H2,1-4H3,(H,21,22);1H. The number of carbonyl (C=O) groups is 1. The zero-order chi connectivity index (χ0) is 18.9. The normalized spacial score (nSPS) is 17.1. The van der Waals surface area contributed by atoms with Crippen LogP contribution in [0.5, 0.6) is 5.75 Å². The van der Waals surface area contributed by atoms with Gasteiger partial charge in [-0.2, -0.15) is 0 Å². The molecule has 0 spiro atoms. The number of likely N-dealkylation sites (tertiary alicyclic amines) is 1. The maximum Gasteiger partial charge on any atom is 0.224 e. The van der Waals surface area contributed by atoms with Gasteiger partial charge in [0.05, 0.1) is 7.11 Å². The number of hydrogen-bond donors (Lipinski definition) is 1. The number of methoxy groups -OCH3 is 1. The van der Waals surface area contributed by atoms with Crippen molar-refractivity contribution in [1.82, 2.24) is 15.1 Å². The van der Waals surface area contributed by atoms with Gasteiger partial charge in [0.1, 0.15) is 5.75 Å². The maximum atomic E-state index is 12.4. The molecule has 0 bridgehead atoms. The monoisotopic (exact) mass is 488 g/mol. The van der Waals surface area contributed by atoms with Gasteiger partial charge in [0.15, 0.2) is 5.96 Å². The van der Waals surface area contributed by atoms with Crippen LogP contribution in [0.3, 0.4) is 0 Å². The van der Waals surface area contributed by atoms with E-state index >= 15 is 0 Å². The third-order valence-corrected chi connectivity index (χ3v) is 4.78. The summed E-state index contributed by atoms with van der Waals surface area (Å²) >= 11 is 0. The van der Waals surface area contributed by atoms with Crippen LogP contribution in [0.15, 0.2) is 29.3 Å².